The fourth-order valence-electron chi connectivity index (χ4n) is 3.40. The Labute approximate surface area is 161 Å². The molecular weight excluding hydrogens is 338 g/mol. The maximum atomic E-state index is 12.5. The first kappa shape index (κ1) is 19.2. The van der Waals surface area contributed by atoms with Crippen molar-refractivity contribution >= 4 is 11.9 Å². The number of nitrogens with zero attached hydrogens (tertiary/aromatic N) is 1. The van der Waals surface area contributed by atoms with Crippen LogP contribution >= 0.6 is 0 Å². The molecule has 1 saturated heterocycles. The van der Waals surface area contributed by atoms with Crippen LogP contribution in [0.2, 0.25) is 0 Å². The van der Waals surface area contributed by atoms with Gasteiger partial charge in [0.25, 0.3) is 0 Å². The Bertz CT molecular complexity index is 806. The smallest absolute Gasteiger partial charge is 0.316 e. The third kappa shape index (κ3) is 4.38. The van der Waals surface area contributed by atoms with Crippen molar-refractivity contribution in [3.63, 3.8) is 0 Å². The predicted molar refractivity (Wildman–Crippen MR) is 105 cm³/mol. The molecule has 4 heteroatoms. The van der Waals surface area contributed by atoms with E-state index in [0.717, 1.165) is 5.56 Å². The van der Waals surface area contributed by atoms with E-state index in [2.05, 4.69) is 20.8 Å². The number of rotatable bonds is 4. The minimum atomic E-state index is -0.425. The maximum absolute atomic E-state index is 12.5. The first-order chi connectivity index (χ1) is 12.8. The second-order valence-electron chi connectivity index (χ2n) is 8.23. The van der Waals surface area contributed by atoms with E-state index in [1.165, 1.54) is 5.56 Å². The summed E-state index contributed by atoms with van der Waals surface area (Å²) >= 11 is 0. The van der Waals surface area contributed by atoms with E-state index >= 15 is 0 Å². The lowest BCUT2D eigenvalue weighted by Crippen LogP contribution is -2.30. The monoisotopic (exact) mass is 365 g/mol. The van der Waals surface area contributed by atoms with Crippen molar-refractivity contribution in [1.82, 2.24) is 4.90 Å². The van der Waals surface area contributed by atoms with E-state index in [0.29, 0.717) is 12.3 Å². The lowest BCUT2D eigenvalue weighted by Gasteiger charge is -2.25. The maximum Gasteiger partial charge on any atom is 0.316 e. The molecule has 1 fully saturated rings. The lowest BCUT2D eigenvalue weighted by atomic mass is 9.87. The average molecular weight is 365 g/mol. The number of amides is 1. The van der Waals surface area contributed by atoms with Gasteiger partial charge in [0.05, 0.1) is 12.0 Å². The van der Waals surface area contributed by atoms with Crippen LogP contribution in [-0.4, -0.2) is 23.3 Å². The highest BCUT2D eigenvalue weighted by Crippen LogP contribution is 2.30. The summed E-state index contributed by atoms with van der Waals surface area (Å²) in [5.74, 6) is -0.244. The Hall–Kier alpha value is -2.62. The SMILES string of the molecule is C[C@H](c1ccccc1)N1C[C@@H](C(=O)Oc2ccc(C(C)(C)C)cc2)CC1=O. The van der Waals surface area contributed by atoms with Gasteiger partial charge in [-0.05, 0) is 35.6 Å². The molecule has 0 N–H and O–H groups in total. The predicted octanol–water partition coefficient (Wildman–Crippen LogP) is 4.50. The van der Waals surface area contributed by atoms with Crippen molar-refractivity contribution in [2.24, 2.45) is 5.92 Å². The molecule has 1 aliphatic rings. The molecule has 2 aromatic carbocycles. The summed E-state index contributed by atoms with van der Waals surface area (Å²) in [5, 5.41) is 0. The van der Waals surface area contributed by atoms with Crippen molar-refractivity contribution in [1.29, 1.82) is 0 Å². The molecule has 0 spiro atoms. The number of benzene rings is 2. The van der Waals surface area contributed by atoms with Gasteiger partial charge in [-0.3, -0.25) is 9.59 Å². The van der Waals surface area contributed by atoms with Gasteiger partial charge in [0.15, 0.2) is 0 Å². The molecule has 0 aliphatic carbocycles. The average Bonchev–Trinajstić information content (AvgIpc) is 3.03. The molecule has 27 heavy (non-hydrogen) atoms. The van der Waals surface area contributed by atoms with Crippen LogP contribution in [0.5, 0.6) is 5.75 Å². The summed E-state index contributed by atoms with van der Waals surface area (Å²) in [6.45, 7) is 8.81. The molecule has 2 atom stereocenters. The molecule has 0 bridgehead atoms. The zero-order valence-electron chi connectivity index (χ0n) is 16.4. The highest BCUT2D eigenvalue weighted by atomic mass is 16.5. The van der Waals surface area contributed by atoms with Gasteiger partial charge in [-0.1, -0.05) is 63.2 Å². The van der Waals surface area contributed by atoms with Crippen LogP contribution in [0.4, 0.5) is 0 Å². The van der Waals surface area contributed by atoms with E-state index < -0.39 is 5.92 Å². The van der Waals surface area contributed by atoms with Crippen LogP contribution in [0.15, 0.2) is 54.6 Å². The van der Waals surface area contributed by atoms with Crippen LogP contribution in [0.25, 0.3) is 0 Å². The minimum Gasteiger partial charge on any atom is -0.426 e. The molecule has 4 nitrogen and oxygen atoms in total. The molecule has 1 amide bonds. The topological polar surface area (TPSA) is 46.6 Å². The van der Waals surface area contributed by atoms with Crippen LogP contribution in [0.3, 0.4) is 0 Å². The Morgan fingerprint density at radius 1 is 1.07 bits per heavy atom. The van der Waals surface area contributed by atoms with Crippen molar-refractivity contribution < 1.29 is 14.3 Å². The van der Waals surface area contributed by atoms with Crippen LogP contribution in [-0.2, 0) is 15.0 Å². The summed E-state index contributed by atoms with van der Waals surface area (Å²) in [6, 6.07) is 17.4. The molecule has 0 radical (unpaired) electrons. The van der Waals surface area contributed by atoms with Crippen molar-refractivity contribution in [2.75, 3.05) is 6.54 Å². The van der Waals surface area contributed by atoms with Gasteiger partial charge in [0.1, 0.15) is 5.75 Å². The summed E-state index contributed by atoms with van der Waals surface area (Å²) in [4.78, 5) is 26.7. The number of carbonyl (C=O) groups excluding carboxylic acids is 2. The number of hydrogen-bond acceptors (Lipinski definition) is 3. The summed E-state index contributed by atoms with van der Waals surface area (Å²) in [6.07, 6.45) is 0.204. The third-order valence-electron chi connectivity index (χ3n) is 5.18. The van der Waals surface area contributed by atoms with Gasteiger partial charge in [-0.2, -0.15) is 0 Å². The van der Waals surface area contributed by atoms with Crippen LogP contribution < -0.4 is 4.74 Å². The molecule has 0 unspecified atom stereocenters. The Kier molecular flexibility index (Phi) is 5.36. The van der Waals surface area contributed by atoms with Gasteiger partial charge in [0.2, 0.25) is 5.91 Å². The van der Waals surface area contributed by atoms with Gasteiger partial charge < -0.3 is 9.64 Å². The zero-order chi connectivity index (χ0) is 19.6. The molecule has 2 aromatic rings. The quantitative estimate of drug-likeness (QED) is 0.592. The largest absolute Gasteiger partial charge is 0.426 e. The molecular formula is C23H27NO3. The summed E-state index contributed by atoms with van der Waals surface area (Å²) in [5.41, 5.74) is 2.30. The van der Waals surface area contributed by atoms with E-state index in [4.69, 9.17) is 4.74 Å². The highest BCUT2D eigenvalue weighted by Gasteiger charge is 2.38. The zero-order valence-corrected chi connectivity index (χ0v) is 16.4. The van der Waals surface area contributed by atoms with Crippen LogP contribution in [0.1, 0.15) is 51.3 Å². The lowest BCUT2D eigenvalue weighted by molar-refractivity contribution is -0.139. The Morgan fingerprint density at radius 2 is 1.70 bits per heavy atom. The summed E-state index contributed by atoms with van der Waals surface area (Å²) < 4.78 is 5.53. The van der Waals surface area contributed by atoms with Crippen LogP contribution in [0, 0.1) is 5.92 Å². The van der Waals surface area contributed by atoms with E-state index in [1.54, 1.807) is 4.90 Å². The van der Waals surface area contributed by atoms with Gasteiger partial charge in [-0.15, -0.1) is 0 Å². The first-order valence-electron chi connectivity index (χ1n) is 9.42. The minimum absolute atomic E-state index is 0.00335. The Morgan fingerprint density at radius 3 is 2.30 bits per heavy atom. The standard InChI is InChI=1S/C23H27NO3/c1-16(17-8-6-5-7-9-17)24-15-18(14-21(24)25)22(26)27-20-12-10-19(11-13-20)23(2,3)4/h5-13,16,18H,14-15H2,1-4H3/t16-,18+/m1/s1. The second-order valence-corrected chi connectivity index (χ2v) is 8.23. The first-order valence-corrected chi connectivity index (χ1v) is 9.42. The number of likely N-dealkylation sites (tertiary alicyclic amines) is 1. The van der Waals surface area contributed by atoms with E-state index in [9.17, 15) is 9.59 Å². The number of hydrogen-bond donors (Lipinski definition) is 0. The van der Waals surface area contributed by atoms with Gasteiger partial charge in [-0.25, -0.2) is 0 Å². The van der Waals surface area contributed by atoms with Crippen molar-refractivity contribution in [2.45, 2.75) is 45.6 Å². The molecule has 3 rings (SSSR count). The highest BCUT2D eigenvalue weighted by molar-refractivity contribution is 5.87. The number of esters is 1. The van der Waals surface area contributed by atoms with Crippen molar-refractivity contribution in [3.05, 3.63) is 65.7 Å². The van der Waals surface area contributed by atoms with Gasteiger partial charge in [0, 0.05) is 13.0 Å². The number of carbonyl (C=O) groups is 2. The molecule has 142 valence electrons. The van der Waals surface area contributed by atoms with Crippen molar-refractivity contribution in [3.8, 4) is 5.75 Å². The van der Waals surface area contributed by atoms with E-state index in [1.807, 2.05) is 61.5 Å². The second kappa shape index (κ2) is 7.55. The third-order valence-corrected chi connectivity index (χ3v) is 5.18. The van der Waals surface area contributed by atoms with Gasteiger partial charge >= 0.3 is 5.97 Å². The Balaban J connectivity index is 1.64. The molecule has 1 aliphatic heterocycles. The fourth-order valence-corrected chi connectivity index (χ4v) is 3.40. The van der Waals surface area contributed by atoms with E-state index in [-0.39, 0.29) is 29.8 Å². The normalized spacial score (nSPS) is 18.4. The molecule has 0 aromatic heterocycles. The summed E-state index contributed by atoms with van der Waals surface area (Å²) in [7, 11) is 0. The fraction of sp³-hybridized carbons (Fsp3) is 0.391. The molecule has 1 heterocycles. The molecule has 0 saturated carbocycles. The number of ether oxygens (including phenoxy) is 1.